The van der Waals surface area contributed by atoms with Crippen LogP contribution in [0.5, 0.6) is 0 Å². The fraction of sp³-hybridized carbons (Fsp3) is 0.294. The summed E-state index contributed by atoms with van der Waals surface area (Å²) in [6.07, 6.45) is 4.26. The molecule has 130 valence electrons. The SMILES string of the molecule is Nc1ncnc2c1c(-c1ccc(Cl)c(F)c1)cn2C1CCC(CO)O1. The van der Waals surface area contributed by atoms with Crippen LogP contribution in [0.25, 0.3) is 22.2 Å². The van der Waals surface area contributed by atoms with Crippen LogP contribution in [-0.2, 0) is 4.74 Å². The molecular formula is C17H16ClFN4O2. The van der Waals surface area contributed by atoms with Gasteiger partial charge in [-0.1, -0.05) is 17.7 Å². The van der Waals surface area contributed by atoms with Crippen molar-refractivity contribution in [2.75, 3.05) is 12.3 Å². The fourth-order valence-electron chi connectivity index (χ4n) is 3.24. The molecule has 2 atom stereocenters. The Morgan fingerprint density at radius 2 is 2.20 bits per heavy atom. The van der Waals surface area contributed by atoms with E-state index in [1.807, 2.05) is 10.8 Å². The zero-order valence-corrected chi connectivity index (χ0v) is 13.9. The molecule has 2 aromatic heterocycles. The van der Waals surface area contributed by atoms with Gasteiger partial charge in [0.25, 0.3) is 0 Å². The molecule has 0 bridgehead atoms. The first-order chi connectivity index (χ1) is 12.1. The first-order valence-electron chi connectivity index (χ1n) is 7.91. The molecule has 3 N–H and O–H groups in total. The van der Waals surface area contributed by atoms with Gasteiger partial charge in [-0.05, 0) is 30.5 Å². The molecule has 4 rings (SSSR count). The molecule has 8 heteroatoms. The van der Waals surface area contributed by atoms with Crippen molar-refractivity contribution >= 4 is 28.5 Å². The van der Waals surface area contributed by atoms with Gasteiger partial charge in [0.05, 0.1) is 23.1 Å². The van der Waals surface area contributed by atoms with E-state index >= 15 is 0 Å². The lowest BCUT2D eigenvalue weighted by molar-refractivity contribution is -0.0204. The Labute approximate surface area is 148 Å². The van der Waals surface area contributed by atoms with Crippen LogP contribution in [0.3, 0.4) is 0 Å². The second kappa shape index (κ2) is 6.25. The first kappa shape index (κ1) is 16.3. The fourth-order valence-corrected chi connectivity index (χ4v) is 3.35. The van der Waals surface area contributed by atoms with Crippen molar-refractivity contribution in [3.8, 4) is 11.1 Å². The number of halogens is 2. The van der Waals surface area contributed by atoms with E-state index < -0.39 is 5.82 Å². The maximum atomic E-state index is 13.9. The number of hydrogen-bond donors (Lipinski definition) is 2. The number of fused-ring (bicyclic) bond motifs is 1. The van der Waals surface area contributed by atoms with E-state index in [0.717, 1.165) is 12.8 Å². The van der Waals surface area contributed by atoms with Gasteiger partial charge in [0.2, 0.25) is 0 Å². The summed E-state index contributed by atoms with van der Waals surface area (Å²) >= 11 is 5.79. The number of aliphatic hydroxyl groups is 1. The Morgan fingerprint density at radius 3 is 2.92 bits per heavy atom. The Hall–Kier alpha value is -2.22. The summed E-state index contributed by atoms with van der Waals surface area (Å²) in [6.45, 7) is -0.0257. The Balaban J connectivity index is 1.89. The quantitative estimate of drug-likeness (QED) is 0.747. The minimum absolute atomic E-state index is 0.0257. The summed E-state index contributed by atoms with van der Waals surface area (Å²) in [4.78, 5) is 8.39. The van der Waals surface area contributed by atoms with Crippen molar-refractivity contribution in [3.05, 3.63) is 41.6 Å². The van der Waals surface area contributed by atoms with E-state index in [0.29, 0.717) is 28.0 Å². The predicted molar refractivity (Wildman–Crippen MR) is 92.6 cm³/mol. The number of benzene rings is 1. The molecule has 0 amide bonds. The van der Waals surface area contributed by atoms with E-state index in [4.69, 9.17) is 22.1 Å². The van der Waals surface area contributed by atoms with Gasteiger partial charge in [-0.3, -0.25) is 0 Å². The molecule has 1 fully saturated rings. The number of aromatic nitrogens is 3. The van der Waals surface area contributed by atoms with Gasteiger partial charge in [-0.25, -0.2) is 14.4 Å². The van der Waals surface area contributed by atoms with Crippen molar-refractivity contribution in [2.24, 2.45) is 0 Å². The highest BCUT2D eigenvalue weighted by Crippen LogP contribution is 2.38. The van der Waals surface area contributed by atoms with Crippen LogP contribution in [-0.4, -0.2) is 32.4 Å². The standard InChI is InChI=1S/C17H16ClFN4O2/c18-12-3-1-9(5-13(12)19)11-6-23(14-4-2-10(7-24)25-14)17-15(11)16(20)21-8-22-17/h1,3,5-6,8,10,14,24H,2,4,7H2,(H2,20,21,22). The third kappa shape index (κ3) is 2.74. The average Bonchev–Trinajstić information content (AvgIpc) is 3.22. The maximum absolute atomic E-state index is 13.9. The maximum Gasteiger partial charge on any atom is 0.148 e. The van der Waals surface area contributed by atoms with Crippen molar-refractivity contribution < 1.29 is 14.2 Å². The number of rotatable bonds is 3. The summed E-state index contributed by atoms with van der Waals surface area (Å²) < 4.78 is 21.6. The smallest absolute Gasteiger partial charge is 0.148 e. The van der Waals surface area contributed by atoms with Gasteiger partial charge >= 0.3 is 0 Å². The van der Waals surface area contributed by atoms with Crippen molar-refractivity contribution in [2.45, 2.75) is 25.2 Å². The summed E-state index contributed by atoms with van der Waals surface area (Å²) in [5.41, 5.74) is 8.01. The number of ether oxygens (including phenoxy) is 1. The molecule has 0 radical (unpaired) electrons. The molecule has 3 aromatic rings. The summed E-state index contributed by atoms with van der Waals surface area (Å²) in [7, 11) is 0. The number of nitrogens with zero attached hydrogens (tertiary/aromatic N) is 3. The Morgan fingerprint density at radius 1 is 1.36 bits per heavy atom. The second-order valence-corrected chi connectivity index (χ2v) is 6.42. The van der Waals surface area contributed by atoms with Gasteiger partial charge in [0, 0.05) is 11.8 Å². The monoisotopic (exact) mass is 362 g/mol. The van der Waals surface area contributed by atoms with E-state index in [9.17, 15) is 9.50 Å². The van der Waals surface area contributed by atoms with Crippen LogP contribution in [0.1, 0.15) is 19.1 Å². The third-order valence-corrected chi connectivity index (χ3v) is 4.77. The highest BCUT2D eigenvalue weighted by Gasteiger charge is 2.28. The summed E-state index contributed by atoms with van der Waals surface area (Å²) in [5.74, 6) is -0.196. The molecule has 6 nitrogen and oxygen atoms in total. The Kier molecular flexibility index (Phi) is 4.07. The predicted octanol–water partition coefficient (Wildman–Crippen LogP) is 3.14. The molecule has 0 aliphatic carbocycles. The molecule has 0 saturated carbocycles. The zero-order valence-electron chi connectivity index (χ0n) is 13.2. The lowest BCUT2D eigenvalue weighted by Gasteiger charge is -2.14. The van der Waals surface area contributed by atoms with Gasteiger partial charge < -0.3 is 20.1 Å². The van der Waals surface area contributed by atoms with Crippen LogP contribution in [0.15, 0.2) is 30.7 Å². The molecule has 1 aliphatic heterocycles. The van der Waals surface area contributed by atoms with Gasteiger partial charge in [0.1, 0.15) is 29.8 Å². The van der Waals surface area contributed by atoms with Gasteiger partial charge in [-0.15, -0.1) is 0 Å². The highest BCUT2D eigenvalue weighted by atomic mass is 35.5. The number of nitrogen functional groups attached to an aromatic ring is 1. The molecule has 1 saturated heterocycles. The van der Waals surface area contributed by atoms with E-state index in [1.165, 1.54) is 18.5 Å². The number of anilines is 1. The molecule has 0 spiro atoms. The zero-order chi connectivity index (χ0) is 17.6. The lowest BCUT2D eigenvalue weighted by Crippen LogP contribution is -2.14. The van der Waals surface area contributed by atoms with Gasteiger partial charge in [0.15, 0.2) is 0 Å². The molecule has 25 heavy (non-hydrogen) atoms. The number of hydrogen-bond acceptors (Lipinski definition) is 5. The normalized spacial score (nSPS) is 20.4. The lowest BCUT2D eigenvalue weighted by atomic mass is 10.1. The first-order valence-corrected chi connectivity index (χ1v) is 8.29. The third-order valence-electron chi connectivity index (χ3n) is 4.47. The highest BCUT2D eigenvalue weighted by molar-refractivity contribution is 6.30. The van der Waals surface area contributed by atoms with Crippen LogP contribution in [0, 0.1) is 5.82 Å². The van der Waals surface area contributed by atoms with Crippen molar-refractivity contribution in [3.63, 3.8) is 0 Å². The van der Waals surface area contributed by atoms with E-state index in [-0.39, 0.29) is 24.0 Å². The molecular weight excluding hydrogens is 347 g/mol. The van der Waals surface area contributed by atoms with Crippen LogP contribution in [0.2, 0.25) is 5.02 Å². The molecule has 3 heterocycles. The number of aliphatic hydroxyl groups excluding tert-OH is 1. The van der Waals surface area contributed by atoms with Crippen molar-refractivity contribution in [1.82, 2.24) is 14.5 Å². The Bertz CT molecular complexity index is 946. The molecule has 1 aromatic carbocycles. The second-order valence-electron chi connectivity index (χ2n) is 6.01. The average molecular weight is 363 g/mol. The topological polar surface area (TPSA) is 86.2 Å². The van der Waals surface area contributed by atoms with Crippen LogP contribution in [0.4, 0.5) is 10.2 Å². The van der Waals surface area contributed by atoms with Gasteiger partial charge in [-0.2, -0.15) is 0 Å². The number of nitrogens with two attached hydrogens (primary N) is 1. The summed E-state index contributed by atoms with van der Waals surface area (Å²) in [6, 6.07) is 4.59. The minimum Gasteiger partial charge on any atom is -0.394 e. The minimum atomic E-state index is -0.507. The largest absolute Gasteiger partial charge is 0.394 e. The molecule has 1 aliphatic rings. The van der Waals surface area contributed by atoms with Crippen molar-refractivity contribution in [1.29, 1.82) is 0 Å². The van der Waals surface area contributed by atoms with Crippen LogP contribution >= 0.6 is 11.6 Å². The van der Waals surface area contributed by atoms with Crippen LogP contribution < -0.4 is 5.73 Å². The summed E-state index contributed by atoms with van der Waals surface area (Å²) in [5, 5.41) is 9.99. The van der Waals surface area contributed by atoms with E-state index in [1.54, 1.807) is 6.07 Å². The molecule has 2 unspecified atom stereocenters. The van der Waals surface area contributed by atoms with E-state index in [2.05, 4.69) is 9.97 Å².